The maximum atomic E-state index is 8.30. The van der Waals surface area contributed by atoms with Crippen LogP contribution in [-0.2, 0) is 9.47 Å². The average Bonchev–Trinajstić information content (AvgIpc) is 2.06. The summed E-state index contributed by atoms with van der Waals surface area (Å²) >= 11 is 0. The fourth-order valence-electron chi connectivity index (χ4n) is 1.23. The van der Waals surface area contributed by atoms with Crippen LogP contribution >= 0.6 is 0 Å². The second kappa shape index (κ2) is 5.02. The number of hydrogen-bond acceptors (Lipinski definition) is 3. The van der Waals surface area contributed by atoms with Crippen LogP contribution in [0.3, 0.4) is 0 Å². The molecule has 3 nitrogen and oxygen atoms in total. The van der Waals surface area contributed by atoms with Gasteiger partial charge in [0, 0.05) is 13.2 Å². The van der Waals surface area contributed by atoms with Crippen molar-refractivity contribution < 1.29 is 14.6 Å². The molecule has 12 heavy (non-hydrogen) atoms. The third-order valence-electron chi connectivity index (χ3n) is 1.83. The average molecular weight is 170 g/mol. The van der Waals surface area contributed by atoms with E-state index in [-0.39, 0.29) is 12.2 Å². The van der Waals surface area contributed by atoms with Crippen LogP contribution in [0.25, 0.3) is 0 Å². The van der Waals surface area contributed by atoms with Gasteiger partial charge in [-0.2, -0.15) is 0 Å². The molecule has 1 fully saturated rings. The summed E-state index contributed by atoms with van der Waals surface area (Å²) in [5.74, 6) is 2.54. The van der Waals surface area contributed by atoms with Crippen LogP contribution in [0.2, 0.25) is 0 Å². The molecule has 1 saturated heterocycles. The van der Waals surface area contributed by atoms with Crippen LogP contribution in [0.5, 0.6) is 0 Å². The van der Waals surface area contributed by atoms with Gasteiger partial charge in [-0.25, -0.2) is 0 Å². The highest BCUT2D eigenvalue weighted by atomic mass is 16.5. The lowest BCUT2D eigenvalue weighted by Crippen LogP contribution is -2.26. The summed E-state index contributed by atoms with van der Waals surface area (Å²) in [5, 5.41) is 8.30. The molecule has 0 amide bonds. The van der Waals surface area contributed by atoms with Crippen molar-refractivity contribution in [3.05, 3.63) is 0 Å². The van der Waals surface area contributed by atoms with Crippen LogP contribution in [-0.4, -0.2) is 30.5 Å². The lowest BCUT2D eigenvalue weighted by atomic mass is 10.1. The highest BCUT2D eigenvalue weighted by Crippen LogP contribution is 2.12. The van der Waals surface area contributed by atoms with Crippen molar-refractivity contribution in [3.63, 3.8) is 0 Å². The fourth-order valence-corrected chi connectivity index (χ4v) is 1.23. The number of rotatable bonds is 2. The maximum absolute atomic E-state index is 8.30. The van der Waals surface area contributed by atoms with E-state index < -0.39 is 0 Å². The number of ether oxygens (including phenoxy) is 2. The molecule has 1 aliphatic heterocycles. The van der Waals surface area contributed by atoms with Crippen LogP contribution in [0.15, 0.2) is 0 Å². The quantitative estimate of drug-likeness (QED) is 0.626. The fraction of sp³-hybridized carbons (Fsp3) is 0.778. The molecule has 1 N–H and O–H groups in total. The lowest BCUT2D eigenvalue weighted by Gasteiger charge is -2.23. The molecule has 1 aliphatic rings. The Balaban J connectivity index is 2.22. The molecular weight excluding hydrogens is 156 g/mol. The maximum Gasteiger partial charge on any atom is 0.119 e. The van der Waals surface area contributed by atoms with Gasteiger partial charge in [0.15, 0.2) is 0 Å². The number of aliphatic hydroxyl groups excluding tert-OH is 1. The minimum Gasteiger partial charge on any atom is -0.462 e. The van der Waals surface area contributed by atoms with Gasteiger partial charge in [0.2, 0.25) is 0 Å². The van der Waals surface area contributed by atoms with Gasteiger partial charge in [0.25, 0.3) is 0 Å². The van der Waals surface area contributed by atoms with Gasteiger partial charge < -0.3 is 14.6 Å². The van der Waals surface area contributed by atoms with Gasteiger partial charge >= 0.3 is 0 Å². The van der Waals surface area contributed by atoms with Crippen molar-refractivity contribution in [3.8, 4) is 12.0 Å². The summed E-state index contributed by atoms with van der Waals surface area (Å²) < 4.78 is 10.7. The van der Waals surface area contributed by atoms with E-state index in [1.165, 1.54) is 0 Å². The Morgan fingerprint density at radius 1 is 1.50 bits per heavy atom. The van der Waals surface area contributed by atoms with Crippen molar-refractivity contribution >= 4 is 0 Å². The van der Waals surface area contributed by atoms with Crippen LogP contribution in [0.1, 0.15) is 19.8 Å². The van der Waals surface area contributed by atoms with E-state index in [1.54, 1.807) is 0 Å². The molecule has 0 aromatic carbocycles. The minimum atomic E-state index is -0.182. The molecule has 0 radical (unpaired) electrons. The zero-order valence-corrected chi connectivity index (χ0v) is 7.25. The summed E-state index contributed by atoms with van der Waals surface area (Å²) in [6.45, 7) is 3.37. The predicted molar refractivity (Wildman–Crippen MR) is 44.1 cm³/mol. The molecule has 0 aliphatic carbocycles. The van der Waals surface area contributed by atoms with E-state index in [4.69, 9.17) is 14.6 Å². The summed E-state index contributed by atoms with van der Waals surface area (Å²) in [7, 11) is 0. The first-order chi connectivity index (χ1) is 5.83. The molecule has 0 saturated carbocycles. The van der Waals surface area contributed by atoms with Gasteiger partial charge in [0.05, 0.1) is 6.10 Å². The van der Waals surface area contributed by atoms with Gasteiger partial charge in [-0.3, -0.25) is 0 Å². The van der Waals surface area contributed by atoms with Gasteiger partial charge in [0.1, 0.15) is 12.2 Å². The van der Waals surface area contributed by atoms with Crippen molar-refractivity contribution in [2.75, 3.05) is 13.2 Å². The summed E-state index contributed by atoms with van der Waals surface area (Å²) in [5.41, 5.74) is 0. The minimum absolute atomic E-state index is 0.182. The summed E-state index contributed by atoms with van der Waals surface area (Å²) in [6, 6.07) is 0. The van der Waals surface area contributed by atoms with Crippen molar-refractivity contribution in [2.24, 2.45) is 0 Å². The monoisotopic (exact) mass is 170 g/mol. The molecule has 1 heterocycles. The van der Waals surface area contributed by atoms with Crippen molar-refractivity contribution in [1.82, 2.24) is 0 Å². The highest BCUT2D eigenvalue weighted by Gasteiger charge is 2.15. The lowest BCUT2D eigenvalue weighted by molar-refractivity contribution is -0.0456. The first-order valence-electron chi connectivity index (χ1n) is 4.20. The third-order valence-corrected chi connectivity index (χ3v) is 1.83. The zero-order chi connectivity index (χ0) is 8.81. The van der Waals surface area contributed by atoms with E-state index in [1.807, 2.05) is 13.0 Å². The Bertz CT molecular complexity index is 174. The van der Waals surface area contributed by atoms with E-state index in [2.05, 4.69) is 5.92 Å². The van der Waals surface area contributed by atoms with E-state index >= 15 is 0 Å². The molecule has 0 spiro atoms. The van der Waals surface area contributed by atoms with Crippen molar-refractivity contribution in [1.29, 1.82) is 0 Å². The zero-order valence-electron chi connectivity index (χ0n) is 7.25. The normalized spacial score (nSPS) is 21.1. The molecular formula is C9H14O3. The standard InChI is InChI=1S/C9H14O3/c1-8(2-5-10)12-9-3-6-11-7-4-9/h8-10H,3-4,6-7H2,1H3. The molecule has 3 heteroatoms. The first-order valence-corrected chi connectivity index (χ1v) is 4.20. The third kappa shape index (κ3) is 3.12. The number of aliphatic hydroxyl groups is 1. The predicted octanol–water partition coefficient (Wildman–Crippen LogP) is 0.904. The van der Waals surface area contributed by atoms with Gasteiger partial charge in [-0.05, 0) is 25.7 Å². The first kappa shape index (κ1) is 9.37. The number of hydrogen-bond donors (Lipinski definition) is 1. The second-order valence-electron chi connectivity index (χ2n) is 2.85. The van der Waals surface area contributed by atoms with Crippen LogP contribution in [0, 0.1) is 12.0 Å². The second-order valence-corrected chi connectivity index (χ2v) is 2.85. The summed E-state index contributed by atoms with van der Waals surface area (Å²) in [4.78, 5) is 0. The molecule has 1 unspecified atom stereocenters. The molecule has 68 valence electrons. The van der Waals surface area contributed by atoms with Gasteiger partial charge in [-0.15, -0.1) is 0 Å². The molecule has 1 rings (SSSR count). The smallest absolute Gasteiger partial charge is 0.119 e. The Hall–Kier alpha value is -0.720. The topological polar surface area (TPSA) is 38.7 Å². The Morgan fingerprint density at radius 2 is 2.17 bits per heavy atom. The Kier molecular flexibility index (Phi) is 3.92. The molecule has 0 bridgehead atoms. The van der Waals surface area contributed by atoms with Crippen molar-refractivity contribution in [2.45, 2.75) is 32.0 Å². The molecule has 0 aromatic heterocycles. The SMILES string of the molecule is CC(C#CO)OC1CCOCC1. The Morgan fingerprint density at radius 3 is 2.75 bits per heavy atom. The van der Waals surface area contributed by atoms with E-state index in [0.29, 0.717) is 0 Å². The summed E-state index contributed by atoms with van der Waals surface area (Å²) in [6.07, 6.45) is 3.77. The largest absolute Gasteiger partial charge is 0.462 e. The van der Waals surface area contributed by atoms with Gasteiger partial charge in [-0.1, -0.05) is 0 Å². The molecule has 1 atom stereocenters. The Labute approximate surface area is 72.7 Å². The molecule has 0 aromatic rings. The highest BCUT2D eigenvalue weighted by molar-refractivity contribution is 4.96. The van der Waals surface area contributed by atoms with Crippen LogP contribution < -0.4 is 0 Å². The van der Waals surface area contributed by atoms with E-state index in [0.717, 1.165) is 26.1 Å². The van der Waals surface area contributed by atoms with Crippen LogP contribution in [0.4, 0.5) is 0 Å². The van der Waals surface area contributed by atoms with E-state index in [9.17, 15) is 0 Å².